The van der Waals surface area contributed by atoms with Gasteiger partial charge in [0.15, 0.2) is 0 Å². The molecule has 0 bridgehead atoms. The van der Waals surface area contributed by atoms with Crippen LogP contribution < -0.4 is 15.8 Å². The summed E-state index contributed by atoms with van der Waals surface area (Å²) in [5, 5.41) is 4.90. The van der Waals surface area contributed by atoms with Crippen LogP contribution in [0.15, 0.2) is 54.6 Å². The Morgan fingerprint density at radius 2 is 1.71 bits per heavy atom. The Labute approximate surface area is 140 Å². The van der Waals surface area contributed by atoms with Crippen LogP contribution in [0.25, 0.3) is 0 Å². The lowest BCUT2D eigenvalue weighted by Gasteiger charge is -2.30. The molecule has 1 amide bonds. The lowest BCUT2D eigenvalue weighted by Crippen LogP contribution is -2.52. The van der Waals surface area contributed by atoms with Crippen molar-refractivity contribution < 1.29 is 9.59 Å². The predicted molar refractivity (Wildman–Crippen MR) is 91.0 cm³/mol. The molecule has 3 unspecified atom stereocenters. The first-order valence-corrected chi connectivity index (χ1v) is 8.14. The summed E-state index contributed by atoms with van der Waals surface area (Å²) in [6, 6.07) is 17.4. The molecule has 3 atom stereocenters. The Bertz CT molecular complexity index is 773. The predicted octanol–water partition coefficient (Wildman–Crippen LogP) is 2.09. The monoisotopic (exact) mass is 321 g/mol. The Hall–Kier alpha value is -2.50. The zero-order valence-electron chi connectivity index (χ0n) is 13.4. The number of carbonyl (C=O) groups is 2. The second-order valence-corrected chi connectivity index (χ2v) is 6.39. The average molecular weight is 321 g/mol. The van der Waals surface area contributed by atoms with Gasteiger partial charge in [-0.25, -0.2) is 10.4 Å². The molecule has 0 radical (unpaired) electrons. The van der Waals surface area contributed by atoms with Crippen LogP contribution in [-0.2, 0) is 9.59 Å². The van der Waals surface area contributed by atoms with Crippen molar-refractivity contribution in [3.63, 3.8) is 0 Å². The van der Waals surface area contributed by atoms with Crippen molar-refractivity contribution in [3.05, 3.63) is 65.7 Å². The molecule has 2 N–H and O–H groups in total. The summed E-state index contributed by atoms with van der Waals surface area (Å²) in [4.78, 5) is 25.2. The quantitative estimate of drug-likeness (QED) is 0.832. The van der Waals surface area contributed by atoms with Crippen LogP contribution in [0.3, 0.4) is 0 Å². The highest BCUT2D eigenvalue weighted by Gasteiger charge is 2.49. The highest BCUT2D eigenvalue weighted by atomic mass is 16.2. The molecule has 0 spiro atoms. The van der Waals surface area contributed by atoms with Gasteiger partial charge in [-0.1, -0.05) is 48.0 Å². The number of ketones is 1. The standard InChI is InChI=1S/C19H19N3O2/c1-12-7-9-13(10-8-12)15-11-16(23)17-18(20-15)21-22(19(17)24)14-5-3-2-4-6-14/h2-10,15,17-18,20-21H,11H2,1H3. The Morgan fingerprint density at radius 1 is 1.00 bits per heavy atom. The van der Waals surface area contributed by atoms with Crippen molar-refractivity contribution >= 4 is 17.4 Å². The zero-order valence-corrected chi connectivity index (χ0v) is 13.4. The third kappa shape index (κ3) is 2.52. The van der Waals surface area contributed by atoms with Crippen molar-refractivity contribution in [1.82, 2.24) is 10.7 Å². The molecule has 2 fully saturated rings. The average Bonchev–Trinajstić information content (AvgIpc) is 2.93. The van der Waals surface area contributed by atoms with Crippen molar-refractivity contribution in [2.45, 2.75) is 25.6 Å². The largest absolute Gasteiger partial charge is 0.299 e. The number of hydrogen-bond acceptors (Lipinski definition) is 4. The number of fused-ring (bicyclic) bond motifs is 1. The van der Waals surface area contributed by atoms with E-state index in [2.05, 4.69) is 10.7 Å². The van der Waals surface area contributed by atoms with Crippen LogP contribution in [0.1, 0.15) is 23.6 Å². The third-order valence-corrected chi connectivity index (χ3v) is 4.72. The molecule has 2 saturated heterocycles. The fraction of sp³-hybridized carbons (Fsp3) is 0.263. The minimum atomic E-state index is -0.660. The number of nitrogens with zero attached hydrogens (tertiary/aromatic N) is 1. The van der Waals surface area contributed by atoms with Gasteiger partial charge in [-0.05, 0) is 24.6 Å². The molecular formula is C19H19N3O2. The van der Waals surface area contributed by atoms with Gasteiger partial charge < -0.3 is 0 Å². The third-order valence-electron chi connectivity index (χ3n) is 4.72. The van der Waals surface area contributed by atoms with Crippen LogP contribution in [0.2, 0.25) is 0 Å². The SMILES string of the molecule is Cc1ccc(C2CC(=O)C3C(=O)N(c4ccccc4)NC3N2)cc1. The number of hydrazine groups is 1. The summed E-state index contributed by atoms with van der Waals surface area (Å²) in [5.74, 6) is -0.863. The highest BCUT2D eigenvalue weighted by molar-refractivity contribution is 6.11. The maximum absolute atomic E-state index is 12.6. The minimum absolute atomic E-state index is 0.0137. The van der Waals surface area contributed by atoms with Crippen molar-refractivity contribution in [1.29, 1.82) is 0 Å². The number of hydrogen-bond donors (Lipinski definition) is 2. The van der Waals surface area contributed by atoms with Gasteiger partial charge in [0.1, 0.15) is 11.7 Å². The lowest BCUT2D eigenvalue weighted by molar-refractivity contribution is -0.133. The molecule has 0 aromatic heterocycles. The highest BCUT2D eigenvalue weighted by Crippen LogP contribution is 2.31. The van der Waals surface area contributed by atoms with Crippen LogP contribution in [-0.4, -0.2) is 17.9 Å². The molecule has 24 heavy (non-hydrogen) atoms. The first-order valence-electron chi connectivity index (χ1n) is 8.14. The summed E-state index contributed by atoms with van der Waals surface area (Å²) < 4.78 is 0. The van der Waals surface area contributed by atoms with E-state index in [1.165, 1.54) is 10.6 Å². The Balaban J connectivity index is 1.58. The van der Waals surface area contributed by atoms with Gasteiger partial charge in [-0.3, -0.25) is 14.9 Å². The molecule has 0 saturated carbocycles. The second kappa shape index (κ2) is 5.85. The van der Waals surface area contributed by atoms with E-state index in [4.69, 9.17) is 0 Å². The number of Topliss-reactive ketones (excluding diaryl/α,β-unsaturated/α-hetero) is 1. The number of amides is 1. The molecule has 2 aromatic rings. The van der Waals surface area contributed by atoms with Gasteiger partial charge in [-0.2, -0.15) is 0 Å². The first kappa shape index (κ1) is 15.1. The summed E-state index contributed by atoms with van der Waals surface area (Å²) in [6.07, 6.45) is -0.0365. The molecule has 0 aliphatic carbocycles. The van der Waals surface area contributed by atoms with Gasteiger partial charge >= 0.3 is 0 Å². The smallest absolute Gasteiger partial charge is 0.255 e. The molecule has 122 valence electrons. The molecule has 4 rings (SSSR count). The fourth-order valence-electron chi connectivity index (χ4n) is 3.41. The van der Waals surface area contributed by atoms with Gasteiger partial charge in [0, 0.05) is 12.5 Å². The van der Waals surface area contributed by atoms with E-state index in [-0.39, 0.29) is 23.9 Å². The van der Waals surface area contributed by atoms with Crippen LogP contribution in [0.4, 0.5) is 5.69 Å². The van der Waals surface area contributed by atoms with E-state index in [0.717, 1.165) is 11.3 Å². The number of rotatable bonds is 2. The van der Waals surface area contributed by atoms with Gasteiger partial charge in [0.25, 0.3) is 5.91 Å². The van der Waals surface area contributed by atoms with Gasteiger partial charge in [-0.15, -0.1) is 0 Å². The van der Waals surface area contributed by atoms with E-state index in [1.807, 2.05) is 61.5 Å². The number of piperidine rings is 1. The maximum Gasteiger partial charge on any atom is 0.255 e. The van der Waals surface area contributed by atoms with Crippen LogP contribution in [0, 0.1) is 12.8 Å². The lowest BCUT2D eigenvalue weighted by atomic mass is 9.87. The zero-order chi connectivity index (χ0) is 16.7. The number of benzene rings is 2. The molecular weight excluding hydrogens is 302 g/mol. The van der Waals surface area contributed by atoms with Crippen molar-refractivity contribution in [3.8, 4) is 0 Å². The topological polar surface area (TPSA) is 61.4 Å². The molecule has 2 aliphatic rings. The normalized spacial score (nSPS) is 26.5. The number of nitrogens with one attached hydrogen (secondary N) is 2. The first-order chi connectivity index (χ1) is 11.6. The molecule has 5 heteroatoms. The Morgan fingerprint density at radius 3 is 2.42 bits per heavy atom. The summed E-state index contributed by atoms with van der Waals surface area (Å²) in [5.41, 5.74) is 6.15. The van der Waals surface area contributed by atoms with Crippen molar-refractivity contribution in [2.75, 3.05) is 5.01 Å². The summed E-state index contributed by atoms with van der Waals surface area (Å²) in [7, 11) is 0. The van der Waals surface area contributed by atoms with E-state index in [9.17, 15) is 9.59 Å². The van der Waals surface area contributed by atoms with E-state index < -0.39 is 5.92 Å². The molecule has 2 aromatic carbocycles. The number of para-hydroxylation sites is 1. The fourth-order valence-corrected chi connectivity index (χ4v) is 3.41. The maximum atomic E-state index is 12.6. The van der Waals surface area contributed by atoms with Gasteiger partial charge in [0.05, 0.1) is 11.9 Å². The summed E-state index contributed by atoms with van der Waals surface area (Å²) >= 11 is 0. The molecule has 5 nitrogen and oxygen atoms in total. The number of aryl methyl sites for hydroxylation is 1. The van der Waals surface area contributed by atoms with E-state index in [0.29, 0.717) is 6.42 Å². The minimum Gasteiger partial charge on any atom is -0.299 e. The molecule has 2 aliphatic heterocycles. The summed E-state index contributed by atoms with van der Waals surface area (Å²) in [6.45, 7) is 2.04. The van der Waals surface area contributed by atoms with Crippen LogP contribution >= 0.6 is 0 Å². The number of carbonyl (C=O) groups excluding carboxylic acids is 2. The van der Waals surface area contributed by atoms with Crippen molar-refractivity contribution in [2.24, 2.45) is 5.92 Å². The van der Waals surface area contributed by atoms with Gasteiger partial charge in [0.2, 0.25) is 0 Å². The van der Waals surface area contributed by atoms with E-state index >= 15 is 0 Å². The van der Waals surface area contributed by atoms with E-state index in [1.54, 1.807) is 0 Å². The van der Waals surface area contributed by atoms with Crippen LogP contribution in [0.5, 0.6) is 0 Å². The number of anilines is 1. The molecule has 2 heterocycles. The Kier molecular flexibility index (Phi) is 3.67. The second-order valence-electron chi connectivity index (χ2n) is 6.39.